The van der Waals surface area contributed by atoms with E-state index in [1.807, 2.05) is 24.3 Å². The van der Waals surface area contributed by atoms with E-state index in [0.717, 1.165) is 43.6 Å². The molecule has 0 saturated carbocycles. The van der Waals surface area contributed by atoms with Gasteiger partial charge in [-0.3, -0.25) is 19.9 Å². The largest absolute Gasteiger partial charge is 2.00 e. The third-order valence-corrected chi connectivity index (χ3v) is 7.45. The number of carboxylic acid groups (broad SMARTS) is 4. The van der Waals surface area contributed by atoms with Crippen molar-refractivity contribution in [3.8, 4) is 0 Å². The van der Waals surface area contributed by atoms with Crippen LogP contribution in [0.2, 0.25) is 0 Å². The third-order valence-electron chi connectivity index (χ3n) is 7.45. The molecular weight excluding hydrogens is 808 g/mol. The molecule has 4 aromatic carbocycles. The first-order valence-corrected chi connectivity index (χ1v) is 17.5. The molecule has 0 fully saturated rings. The maximum absolute atomic E-state index is 10.3. The van der Waals surface area contributed by atoms with Crippen molar-refractivity contribution in [2.45, 2.75) is 13.8 Å². The van der Waals surface area contributed by atoms with Crippen LogP contribution >= 0.6 is 0 Å². The third kappa shape index (κ3) is 14.7. The van der Waals surface area contributed by atoms with Crippen LogP contribution in [0.25, 0.3) is 43.6 Å². The van der Waals surface area contributed by atoms with Gasteiger partial charge in [0.15, 0.2) is 0 Å². The maximum atomic E-state index is 10.3. The van der Waals surface area contributed by atoms with Crippen LogP contribution in [0.5, 0.6) is 0 Å². The van der Waals surface area contributed by atoms with Gasteiger partial charge < -0.3 is 30.6 Å². The summed E-state index contributed by atoms with van der Waals surface area (Å²) in [6.07, 6.45) is 7.21. The fourth-order valence-electron chi connectivity index (χ4n) is 4.87. The molecule has 1 radical (unpaired) electrons. The van der Waals surface area contributed by atoms with Crippen LogP contribution in [-0.4, -0.2) is 87.7 Å². The van der Waals surface area contributed by atoms with E-state index in [1.165, 1.54) is 48.5 Å². The first kappa shape index (κ1) is 48.0. The number of carboxylic acids is 4. The first-order chi connectivity index (χ1) is 27.9. The molecule has 0 bridgehead atoms. The quantitative estimate of drug-likeness (QED) is 0.0734. The number of hydrogen-bond acceptors (Lipinski definition) is 10. The Hall–Kier alpha value is -7.16. The Bertz CT molecular complexity index is 2230. The molecule has 0 atom stereocenters. The van der Waals surface area contributed by atoms with Crippen molar-refractivity contribution in [1.29, 1.82) is 0 Å². The molecule has 0 saturated heterocycles. The van der Waals surface area contributed by atoms with E-state index in [0.29, 0.717) is 0 Å². The van der Waals surface area contributed by atoms with Gasteiger partial charge >= 0.3 is 40.9 Å². The van der Waals surface area contributed by atoms with Crippen LogP contribution in [0.4, 0.5) is 0 Å². The first-order valence-electron chi connectivity index (χ1n) is 17.5. The van der Waals surface area contributed by atoms with Gasteiger partial charge in [-0.15, -0.1) is 0 Å². The summed E-state index contributed by atoms with van der Waals surface area (Å²) >= 11 is 0. The fourth-order valence-corrected chi connectivity index (χ4v) is 4.87. The molecule has 0 aliphatic rings. The zero-order valence-electron chi connectivity index (χ0n) is 31.7. The standard InChI is InChI=1S/2C12H8N2.2C8H6O4.2C2H6O.Cu/c2*1-3-9-5-6-10-4-2-8-14-12(10)11(9)13-7-1;2*9-7(10)5-1-2-6(4-3-5)8(11)12;2*1-2-3;/h2*1-8H;2*1-4H,(H,9,10)(H,11,12);2*3H,2H2,1H3;/q;;;;;;+2. The Labute approximate surface area is 348 Å². The van der Waals surface area contributed by atoms with Crippen LogP contribution in [-0.2, 0) is 17.1 Å². The molecule has 305 valence electrons. The van der Waals surface area contributed by atoms with Crippen molar-refractivity contribution in [1.82, 2.24) is 19.9 Å². The average molecular weight is 848 g/mol. The molecule has 8 aromatic rings. The van der Waals surface area contributed by atoms with Crippen molar-refractivity contribution in [2.24, 2.45) is 0 Å². The molecular formula is C44H40CuN4O10+2. The van der Waals surface area contributed by atoms with Crippen molar-refractivity contribution in [3.05, 3.63) is 168 Å². The summed E-state index contributed by atoms with van der Waals surface area (Å²) in [6, 6.07) is 34.3. The molecule has 0 aliphatic heterocycles. The SMILES string of the molecule is CCO.CCO.O=C(O)c1ccc(C(=O)O)cc1.O=C(O)c1ccc(C(=O)O)cc1.[Cu+2].c1cnc2c(c1)ccc1cccnc12.c1cnc2c(c1)ccc1cccnc12. The second kappa shape index (κ2) is 25.2. The number of benzene rings is 4. The Balaban J connectivity index is 0.000000259. The number of hydrogen-bond donors (Lipinski definition) is 6. The minimum atomic E-state index is -1.06. The number of aromatic nitrogens is 4. The molecule has 0 amide bonds. The van der Waals surface area contributed by atoms with Gasteiger partial charge in [0.05, 0.1) is 44.3 Å². The monoisotopic (exact) mass is 847 g/mol. The number of aliphatic hydroxyl groups is 2. The Kier molecular flexibility index (Phi) is 20.5. The zero-order chi connectivity index (χ0) is 42.5. The summed E-state index contributed by atoms with van der Waals surface area (Å²) in [5.41, 5.74) is 4.24. The number of carbonyl (C=O) groups is 4. The Morgan fingerprint density at radius 1 is 0.373 bits per heavy atom. The van der Waals surface area contributed by atoms with E-state index < -0.39 is 23.9 Å². The number of nitrogens with zero attached hydrogens (tertiary/aromatic N) is 4. The maximum Gasteiger partial charge on any atom is 2.00 e. The summed E-state index contributed by atoms with van der Waals surface area (Å²) in [4.78, 5) is 58.7. The van der Waals surface area contributed by atoms with Crippen LogP contribution in [0.15, 0.2) is 146 Å². The minimum Gasteiger partial charge on any atom is -0.478 e. The van der Waals surface area contributed by atoms with E-state index >= 15 is 0 Å². The summed E-state index contributed by atoms with van der Waals surface area (Å²) in [5.74, 6) is -4.25. The predicted octanol–water partition coefficient (Wildman–Crippen LogP) is 7.73. The molecule has 0 spiro atoms. The second-order valence-electron chi connectivity index (χ2n) is 11.4. The molecule has 0 aliphatic carbocycles. The van der Waals surface area contributed by atoms with Crippen LogP contribution in [0.1, 0.15) is 55.3 Å². The van der Waals surface area contributed by atoms with Gasteiger partial charge in [-0.25, -0.2) is 19.2 Å². The molecule has 59 heavy (non-hydrogen) atoms. The molecule has 14 nitrogen and oxygen atoms in total. The number of rotatable bonds is 4. The Morgan fingerprint density at radius 2 is 0.542 bits per heavy atom. The van der Waals surface area contributed by atoms with E-state index in [2.05, 4.69) is 68.5 Å². The summed E-state index contributed by atoms with van der Waals surface area (Å²) in [5, 5.41) is 53.6. The van der Waals surface area contributed by atoms with Crippen LogP contribution in [0.3, 0.4) is 0 Å². The molecule has 15 heteroatoms. The van der Waals surface area contributed by atoms with E-state index in [-0.39, 0.29) is 52.5 Å². The van der Waals surface area contributed by atoms with Gasteiger partial charge in [0, 0.05) is 59.5 Å². The second-order valence-corrected chi connectivity index (χ2v) is 11.4. The van der Waals surface area contributed by atoms with Crippen molar-refractivity contribution >= 4 is 67.5 Å². The van der Waals surface area contributed by atoms with Crippen molar-refractivity contribution in [3.63, 3.8) is 0 Å². The van der Waals surface area contributed by atoms with Crippen molar-refractivity contribution in [2.75, 3.05) is 13.2 Å². The minimum absolute atomic E-state index is 0. The van der Waals surface area contributed by atoms with Gasteiger partial charge in [-0.2, -0.15) is 0 Å². The fraction of sp³-hybridized carbons (Fsp3) is 0.0909. The molecule has 8 rings (SSSR count). The number of pyridine rings is 4. The van der Waals surface area contributed by atoms with Gasteiger partial charge in [0.1, 0.15) is 0 Å². The van der Waals surface area contributed by atoms with E-state index in [9.17, 15) is 19.2 Å². The molecule has 4 aromatic heterocycles. The number of aromatic carboxylic acids is 4. The van der Waals surface area contributed by atoms with Crippen molar-refractivity contribution < 1.29 is 66.9 Å². The number of fused-ring (bicyclic) bond motifs is 6. The van der Waals surface area contributed by atoms with Crippen LogP contribution < -0.4 is 0 Å². The van der Waals surface area contributed by atoms with E-state index in [1.54, 1.807) is 38.6 Å². The average Bonchev–Trinajstić information content (AvgIpc) is 3.25. The topological polar surface area (TPSA) is 241 Å². The Morgan fingerprint density at radius 3 is 0.695 bits per heavy atom. The molecule has 0 unspecified atom stereocenters. The predicted molar refractivity (Wildman–Crippen MR) is 220 cm³/mol. The van der Waals surface area contributed by atoms with Gasteiger partial charge in [0.2, 0.25) is 0 Å². The van der Waals surface area contributed by atoms with Gasteiger partial charge in [-0.05, 0) is 86.6 Å². The summed E-state index contributed by atoms with van der Waals surface area (Å²) in [6.45, 7) is 3.86. The van der Waals surface area contributed by atoms with Gasteiger partial charge in [0.25, 0.3) is 0 Å². The number of aliphatic hydroxyl groups excluding tert-OH is 2. The molecule has 4 heterocycles. The summed E-state index contributed by atoms with van der Waals surface area (Å²) in [7, 11) is 0. The summed E-state index contributed by atoms with van der Waals surface area (Å²) < 4.78 is 0. The molecule has 6 N–H and O–H groups in total. The normalized spacial score (nSPS) is 9.56. The van der Waals surface area contributed by atoms with Gasteiger partial charge in [-0.1, -0.05) is 48.5 Å². The van der Waals surface area contributed by atoms with Crippen LogP contribution in [0, 0.1) is 0 Å². The smallest absolute Gasteiger partial charge is 0.478 e. The zero-order valence-corrected chi connectivity index (χ0v) is 32.6. The van der Waals surface area contributed by atoms with E-state index in [4.69, 9.17) is 30.6 Å².